The zero-order valence-corrected chi connectivity index (χ0v) is 33.7. The lowest BCUT2D eigenvalue weighted by Crippen LogP contribution is -2.50. The van der Waals surface area contributed by atoms with Gasteiger partial charge in [-0.3, -0.25) is 33.7 Å². The van der Waals surface area contributed by atoms with Gasteiger partial charge in [-0.05, 0) is 24.6 Å². The van der Waals surface area contributed by atoms with Crippen LogP contribution in [0.3, 0.4) is 0 Å². The minimum Gasteiger partial charge on any atom is -0.493 e. The van der Waals surface area contributed by atoms with E-state index in [0.717, 1.165) is 16.2 Å². The number of fused-ring (bicyclic) bond motifs is 2. The Morgan fingerprint density at radius 3 is 2.16 bits per heavy atom. The van der Waals surface area contributed by atoms with Crippen LogP contribution in [0.15, 0.2) is 30.4 Å². The number of amides is 3. The molecule has 58 heavy (non-hydrogen) atoms. The molecule has 3 amide bonds. The predicted octanol–water partition coefficient (Wildman–Crippen LogP) is 4.65. The van der Waals surface area contributed by atoms with Gasteiger partial charge in [-0.2, -0.15) is 0 Å². The second kappa shape index (κ2) is 18.8. The van der Waals surface area contributed by atoms with Crippen LogP contribution >= 0.6 is 11.3 Å². The van der Waals surface area contributed by atoms with E-state index < -0.39 is 35.6 Å². The Balaban J connectivity index is 1.11. The number of aliphatic carboxylic acids is 1. The number of hydrogen-bond donors (Lipinski definition) is 1. The first-order valence-electron chi connectivity index (χ1n) is 18.5. The van der Waals surface area contributed by atoms with Crippen LogP contribution in [0, 0.1) is 11.6 Å². The number of thiophene rings is 1. The summed E-state index contributed by atoms with van der Waals surface area (Å²) in [6.45, 7) is 2.77. The fourth-order valence-corrected chi connectivity index (χ4v) is 7.75. The second-order valence-corrected chi connectivity index (χ2v) is 15.6. The Bertz CT molecular complexity index is 2120. The minimum atomic E-state index is -1.10. The summed E-state index contributed by atoms with van der Waals surface area (Å²) in [4.78, 5) is 75.5. The summed E-state index contributed by atoms with van der Waals surface area (Å²) in [5.41, 5.74) is 0.773. The number of carbonyl (C=O) groups is 6. The van der Waals surface area contributed by atoms with E-state index >= 15 is 8.78 Å². The van der Waals surface area contributed by atoms with Gasteiger partial charge in [0.15, 0.2) is 40.4 Å². The average molecular weight is 831 g/mol. The fraction of sp³-hybridized carbons (Fsp3) is 0.450. The quantitative estimate of drug-likeness (QED) is 0.0519. The van der Waals surface area contributed by atoms with E-state index in [1.54, 1.807) is 19.1 Å². The van der Waals surface area contributed by atoms with Crippen molar-refractivity contribution in [3.8, 4) is 23.0 Å². The van der Waals surface area contributed by atoms with E-state index in [1.807, 2.05) is 14.1 Å². The van der Waals surface area contributed by atoms with E-state index in [9.17, 15) is 28.8 Å². The Labute approximate surface area is 337 Å². The van der Waals surface area contributed by atoms with Crippen LogP contribution in [0.1, 0.15) is 59.8 Å². The number of carbonyl (C=O) groups excluding carboxylic acids is 5. The van der Waals surface area contributed by atoms with Crippen molar-refractivity contribution in [1.82, 2.24) is 9.80 Å². The number of ether oxygens (including phenoxy) is 5. The maximum absolute atomic E-state index is 15.8. The number of hydrogen-bond acceptors (Lipinski definition) is 12. The summed E-state index contributed by atoms with van der Waals surface area (Å²) in [6.07, 6.45) is 1.25. The summed E-state index contributed by atoms with van der Waals surface area (Å²) < 4.78 is 59.9. The van der Waals surface area contributed by atoms with Crippen molar-refractivity contribution < 1.29 is 70.8 Å². The van der Waals surface area contributed by atoms with Gasteiger partial charge in [0.1, 0.15) is 12.6 Å². The molecule has 0 unspecified atom stereocenters. The normalized spacial score (nSPS) is 14.2. The average Bonchev–Trinajstić information content (AvgIpc) is 3.89. The third-order valence-corrected chi connectivity index (χ3v) is 10.8. The van der Waals surface area contributed by atoms with E-state index in [4.69, 9.17) is 28.8 Å². The van der Waals surface area contributed by atoms with E-state index in [-0.39, 0.29) is 121 Å². The number of methoxy groups -OCH3 is 2. The van der Waals surface area contributed by atoms with Gasteiger partial charge in [0.2, 0.25) is 5.91 Å². The first kappa shape index (κ1) is 43.5. The molecule has 0 aliphatic carbocycles. The van der Waals surface area contributed by atoms with E-state index in [2.05, 4.69) is 0 Å². The first-order chi connectivity index (χ1) is 27.5. The first-order valence-corrected chi connectivity index (χ1v) is 19.3. The molecule has 18 heteroatoms. The third-order valence-electron chi connectivity index (χ3n) is 9.65. The molecule has 1 N–H and O–H groups in total. The van der Waals surface area contributed by atoms with Crippen molar-refractivity contribution in [2.75, 3.05) is 61.2 Å². The maximum Gasteiger partial charge on any atom is 0.306 e. The summed E-state index contributed by atoms with van der Waals surface area (Å²) in [6, 6.07) is 4.52. The molecule has 2 aliphatic rings. The lowest BCUT2D eigenvalue weighted by atomic mass is 10.1. The van der Waals surface area contributed by atoms with Gasteiger partial charge < -0.3 is 38.2 Å². The monoisotopic (exact) mass is 830 g/mol. The topological polar surface area (TPSA) is 175 Å². The molecular weight excluding hydrogens is 785 g/mol. The predicted molar refractivity (Wildman–Crippen MR) is 205 cm³/mol. The van der Waals surface area contributed by atoms with Crippen LogP contribution < -0.4 is 18.9 Å². The molecule has 2 aromatic carbocycles. The lowest BCUT2D eigenvalue weighted by molar-refractivity contribution is -0.892. The van der Waals surface area contributed by atoms with Crippen molar-refractivity contribution in [3.05, 3.63) is 58.0 Å². The molecule has 0 saturated carbocycles. The number of imide groups is 1. The molecule has 3 heterocycles. The van der Waals surface area contributed by atoms with Crippen LogP contribution in [0.25, 0.3) is 10.1 Å². The van der Waals surface area contributed by atoms with Crippen molar-refractivity contribution in [1.29, 1.82) is 0 Å². The molecule has 0 fully saturated rings. The molecule has 2 aliphatic heterocycles. The second-order valence-electron chi connectivity index (χ2n) is 14.5. The largest absolute Gasteiger partial charge is 0.493 e. The molecule has 1 aromatic heterocycles. The van der Waals surface area contributed by atoms with Gasteiger partial charge in [-0.15, -0.1) is 11.3 Å². The molecular formula is C40H46F2N3O12S+. The number of Topliss-reactive ketones (excluding diaryl/α,β-unsaturated/α-hetero) is 1. The van der Waals surface area contributed by atoms with Gasteiger partial charge in [0.05, 0.1) is 72.3 Å². The van der Waals surface area contributed by atoms with Crippen molar-refractivity contribution >= 4 is 56.9 Å². The van der Waals surface area contributed by atoms with E-state index in [1.165, 1.54) is 37.3 Å². The van der Waals surface area contributed by atoms with Crippen LogP contribution in [0.4, 0.5) is 8.78 Å². The highest BCUT2D eigenvalue weighted by atomic mass is 32.1. The highest BCUT2D eigenvalue weighted by molar-refractivity contribution is 7.20. The highest BCUT2D eigenvalue weighted by Gasteiger charge is 2.31. The standard InChI is InChI=1S/C40H45F2N3O12S/c1-23(22-45(2,3)14-13-44-33(48)8-9-34(44)49)57-36(52)12-7-27(46)31-18-25-30(58-31)19-29(54-5)40(37(25)41)56-16-6-15-55-39-28(53-4)17-24-20-43(21-26(24)38(39)42)32(47)10-11-35(50)51/h8-9,17-19,23H,6-7,10-16,20-22H2,1-5H3/p+1/t23-/m0/s1. The Kier molecular flexibility index (Phi) is 14.1. The number of esters is 1. The maximum atomic E-state index is 15.8. The molecule has 3 aromatic rings. The summed E-state index contributed by atoms with van der Waals surface area (Å²) in [5, 5.41) is 9.02. The molecule has 0 radical (unpaired) electrons. The molecule has 5 rings (SSSR count). The van der Waals surface area contributed by atoms with Crippen molar-refractivity contribution in [2.24, 2.45) is 0 Å². The molecule has 15 nitrogen and oxygen atoms in total. The number of quaternary nitrogens is 1. The van der Waals surface area contributed by atoms with Crippen LogP contribution in [-0.2, 0) is 41.8 Å². The number of carboxylic acid groups (broad SMARTS) is 1. The number of ketones is 1. The SMILES string of the molecule is COc1cc2c(c(F)c1OCCCOc1c(OC)cc3sc(C(=O)CCC(=O)O[C@@H](C)C[N+](C)(C)CCN4C(=O)C=CC4=O)cc3c1F)CN(C(=O)CCC(=O)O)C2. The summed E-state index contributed by atoms with van der Waals surface area (Å²) in [7, 11) is 6.47. The third kappa shape index (κ3) is 10.5. The van der Waals surface area contributed by atoms with Crippen molar-refractivity contribution in [3.63, 3.8) is 0 Å². The summed E-state index contributed by atoms with van der Waals surface area (Å²) >= 11 is 1.05. The Morgan fingerprint density at radius 1 is 0.879 bits per heavy atom. The Morgan fingerprint density at radius 2 is 1.52 bits per heavy atom. The molecule has 0 spiro atoms. The smallest absolute Gasteiger partial charge is 0.306 e. The fourth-order valence-electron chi connectivity index (χ4n) is 6.69. The zero-order valence-electron chi connectivity index (χ0n) is 32.9. The van der Waals surface area contributed by atoms with Gasteiger partial charge in [-0.25, -0.2) is 8.78 Å². The van der Waals surface area contributed by atoms with Crippen LogP contribution in [-0.4, -0.2) is 122 Å². The zero-order chi connectivity index (χ0) is 42.3. The van der Waals surface area contributed by atoms with Gasteiger partial charge in [0.25, 0.3) is 11.8 Å². The number of carboxylic acids is 1. The molecule has 0 saturated heterocycles. The van der Waals surface area contributed by atoms with Crippen molar-refractivity contribution in [2.45, 2.75) is 58.2 Å². The lowest BCUT2D eigenvalue weighted by Gasteiger charge is -2.33. The highest BCUT2D eigenvalue weighted by Crippen LogP contribution is 2.41. The van der Waals surface area contributed by atoms with E-state index in [0.29, 0.717) is 27.8 Å². The Hall–Kier alpha value is -5.62. The van der Waals surface area contributed by atoms with Gasteiger partial charge in [-0.1, -0.05) is 0 Å². The number of likely N-dealkylation sites (N-methyl/N-ethyl adjacent to an activating group) is 1. The minimum absolute atomic E-state index is 0.0411. The van der Waals surface area contributed by atoms with Crippen LogP contribution in [0.2, 0.25) is 0 Å². The molecule has 0 bridgehead atoms. The summed E-state index contributed by atoms with van der Waals surface area (Å²) in [5.74, 6) is -4.76. The number of benzene rings is 2. The molecule has 1 atom stereocenters. The van der Waals surface area contributed by atoms with Gasteiger partial charge >= 0.3 is 11.9 Å². The molecule has 312 valence electrons. The number of rotatable bonds is 21. The number of halogens is 2. The van der Waals surface area contributed by atoms with Gasteiger partial charge in [0, 0.05) is 66.2 Å². The van der Waals surface area contributed by atoms with Crippen LogP contribution in [0.5, 0.6) is 23.0 Å². The number of nitrogens with zero attached hydrogens (tertiary/aromatic N) is 3.